The van der Waals surface area contributed by atoms with Crippen LogP contribution in [-0.2, 0) is 4.74 Å². The third-order valence-electron chi connectivity index (χ3n) is 1.39. The molecule has 0 saturated carbocycles. The highest BCUT2D eigenvalue weighted by atomic mass is 35.5. The van der Waals surface area contributed by atoms with Gasteiger partial charge in [0, 0.05) is 13.2 Å². The van der Waals surface area contributed by atoms with E-state index >= 15 is 0 Å². The molecular formula is C7H10ClN3O2S. The Labute approximate surface area is 90.4 Å². The maximum atomic E-state index is 11.4. The maximum absolute atomic E-state index is 11.4. The Kier molecular flexibility index (Phi) is 4.24. The third-order valence-corrected chi connectivity index (χ3v) is 2.41. The van der Waals surface area contributed by atoms with Crippen molar-refractivity contribution in [3.05, 3.63) is 9.47 Å². The van der Waals surface area contributed by atoms with Gasteiger partial charge in [0.05, 0.1) is 6.61 Å². The molecule has 0 aliphatic rings. The maximum Gasteiger partial charge on any atom is 0.282 e. The summed E-state index contributed by atoms with van der Waals surface area (Å²) in [6.07, 6.45) is 0. The van der Waals surface area contributed by atoms with Gasteiger partial charge in [0.2, 0.25) is 9.47 Å². The summed E-state index contributed by atoms with van der Waals surface area (Å²) in [5.41, 5.74) is 0. The fourth-order valence-electron chi connectivity index (χ4n) is 0.874. The van der Waals surface area contributed by atoms with E-state index in [1.807, 2.05) is 6.92 Å². The number of nitrogens with zero attached hydrogens (tertiary/aromatic N) is 2. The third kappa shape index (κ3) is 3.21. The van der Waals surface area contributed by atoms with Crippen LogP contribution in [0.25, 0.3) is 0 Å². The van der Waals surface area contributed by atoms with Crippen molar-refractivity contribution in [1.82, 2.24) is 15.5 Å². The first-order chi connectivity index (χ1) is 6.63. The van der Waals surface area contributed by atoms with Gasteiger partial charge in [0.15, 0.2) is 0 Å². The highest BCUT2D eigenvalue weighted by molar-refractivity contribution is 7.17. The minimum absolute atomic E-state index is 0.0600. The summed E-state index contributed by atoms with van der Waals surface area (Å²) in [6.45, 7) is 2.29. The molecule has 78 valence electrons. The molecule has 0 saturated heterocycles. The molecule has 0 aromatic carbocycles. The summed E-state index contributed by atoms with van der Waals surface area (Å²) in [5.74, 6) is -0.279. The molecule has 14 heavy (non-hydrogen) atoms. The molecule has 0 aliphatic heterocycles. The smallest absolute Gasteiger partial charge is 0.282 e. The van der Waals surface area contributed by atoms with Crippen molar-refractivity contribution in [3.63, 3.8) is 0 Å². The molecule has 7 heteroatoms. The van der Waals surface area contributed by atoms with Gasteiger partial charge >= 0.3 is 0 Å². The van der Waals surface area contributed by atoms with E-state index in [-0.39, 0.29) is 21.4 Å². The van der Waals surface area contributed by atoms with Crippen LogP contribution in [0.3, 0.4) is 0 Å². The minimum atomic E-state index is -0.279. The molecule has 1 aromatic rings. The topological polar surface area (TPSA) is 64.1 Å². The SMILES string of the molecule is COCC(C)NC(=O)c1nnc(Cl)s1. The fraction of sp³-hybridized carbons (Fsp3) is 0.571. The summed E-state index contributed by atoms with van der Waals surface area (Å²) in [5, 5.41) is 10.1. The van der Waals surface area contributed by atoms with Crippen LogP contribution in [-0.4, -0.2) is 35.9 Å². The van der Waals surface area contributed by atoms with Crippen molar-refractivity contribution < 1.29 is 9.53 Å². The Morgan fingerprint density at radius 3 is 2.93 bits per heavy atom. The number of methoxy groups -OCH3 is 1. The zero-order valence-electron chi connectivity index (χ0n) is 7.78. The van der Waals surface area contributed by atoms with Crippen molar-refractivity contribution >= 4 is 28.8 Å². The molecule has 0 bridgehead atoms. The van der Waals surface area contributed by atoms with Gasteiger partial charge < -0.3 is 10.1 Å². The van der Waals surface area contributed by atoms with Gasteiger partial charge in [-0.05, 0) is 18.5 Å². The predicted octanol–water partition coefficient (Wildman–Crippen LogP) is 0.956. The number of amides is 1. The predicted molar refractivity (Wildman–Crippen MR) is 53.7 cm³/mol. The fourth-order valence-corrected chi connectivity index (χ4v) is 1.61. The number of hydrogen-bond acceptors (Lipinski definition) is 5. The standard InChI is InChI=1S/C7H10ClN3O2S/c1-4(3-13-2)9-5(12)6-10-11-7(8)14-6/h4H,3H2,1-2H3,(H,9,12). The van der Waals surface area contributed by atoms with Crippen LogP contribution in [0.15, 0.2) is 0 Å². The van der Waals surface area contributed by atoms with E-state index in [1.54, 1.807) is 7.11 Å². The van der Waals surface area contributed by atoms with Gasteiger partial charge in [0.25, 0.3) is 5.91 Å². The molecule has 1 heterocycles. The first-order valence-electron chi connectivity index (χ1n) is 3.92. The lowest BCUT2D eigenvalue weighted by Crippen LogP contribution is -2.35. The minimum Gasteiger partial charge on any atom is -0.383 e. The molecular weight excluding hydrogens is 226 g/mol. The highest BCUT2D eigenvalue weighted by Crippen LogP contribution is 2.14. The molecule has 0 radical (unpaired) electrons. The number of carbonyl (C=O) groups is 1. The van der Waals surface area contributed by atoms with Crippen molar-refractivity contribution in [2.75, 3.05) is 13.7 Å². The van der Waals surface area contributed by atoms with Crippen molar-refractivity contribution in [2.24, 2.45) is 0 Å². The Morgan fingerprint density at radius 1 is 1.71 bits per heavy atom. The molecule has 1 rings (SSSR count). The van der Waals surface area contributed by atoms with Gasteiger partial charge in [-0.1, -0.05) is 11.3 Å². The van der Waals surface area contributed by atoms with Crippen LogP contribution in [0.4, 0.5) is 0 Å². The number of carbonyl (C=O) groups excluding carboxylic acids is 1. The Hall–Kier alpha value is -0.720. The zero-order valence-corrected chi connectivity index (χ0v) is 9.35. The summed E-state index contributed by atoms with van der Waals surface area (Å²) in [7, 11) is 1.57. The number of hydrogen-bond donors (Lipinski definition) is 1. The van der Waals surface area contributed by atoms with Gasteiger partial charge in [0.1, 0.15) is 0 Å². The lowest BCUT2D eigenvalue weighted by molar-refractivity contribution is 0.0904. The quantitative estimate of drug-likeness (QED) is 0.844. The second kappa shape index (κ2) is 5.23. The summed E-state index contributed by atoms with van der Waals surface area (Å²) in [6, 6.07) is -0.0600. The number of ether oxygens (including phenoxy) is 1. The second-order valence-corrected chi connectivity index (χ2v) is 4.25. The van der Waals surface area contributed by atoms with E-state index in [1.165, 1.54) is 0 Å². The number of nitrogens with one attached hydrogen (secondary N) is 1. The van der Waals surface area contributed by atoms with Gasteiger partial charge in [-0.25, -0.2) is 0 Å². The lowest BCUT2D eigenvalue weighted by atomic mass is 10.3. The zero-order chi connectivity index (χ0) is 10.6. The lowest BCUT2D eigenvalue weighted by Gasteiger charge is -2.10. The Bertz CT molecular complexity index is 318. The van der Waals surface area contributed by atoms with Crippen LogP contribution in [0.2, 0.25) is 4.47 Å². The summed E-state index contributed by atoms with van der Waals surface area (Å²) in [4.78, 5) is 11.4. The first kappa shape index (κ1) is 11.4. The Balaban J connectivity index is 2.50. The average Bonchev–Trinajstić information content (AvgIpc) is 2.52. The van der Waals surface area contributed by atoms with E-state index in [2.05, 4.69) is 15.5 Å². The molecule has 1 N–H and O–H groups in total. The van der Waals surface area contributed by atoms with E-state index in [0.29, 0.717) is 6.61 Å². The number of rotatable bonds is 4. The van der Waals surface area contributed by atoms with Crippen LogP contribution in [0.5, 0.6) is 0 Å². The molecule has 1 atom stereocenters. The molecule has 1 amide bonds. The van der Waals surface area contributed by atoms with E-state index in [4.69, 9.17) is 16.3 Å². The average molecular weight is 236 g/mol. The van der Waals surface area contributed by atoms with E-state index in [0.717, 1.165) is 11.3 Å². The van der Waals surface area contributed by atoms with E-state index in [9.17, 15) is 4.79 Å². The van der Waals surface area contributed by atoms with E-state index < -0.39 is 0 Å². The number of halogens is 1. The summed E-state index contributed by atoms with van der Waals surface area (Å²) >= 11 is 6.59. The normalized spacial score (nSPS) is 12.5. The number of aromatic nitrogens is 2. The molecule has 5 nitrogen and oxygen atoms in total. The van der Waals surface area contributed by atoms with Crippen molar-refractivity contribution in [2.45, 2.75) is 13.0 Å². The first-order valence-corrected chi connectivity index (χ1v) is 5.11. The van der Waals surface area contributed by atoms with Gasteiger partial charge in [-0.3, -0.25) is 4.79 Å². The van der Waals surface area contributed by atoms with Crippen LogP contribution in [0, 0.1) is 0 Å². The van der Waals surface area contributed by atoms with Crippen molar-refractivity contribution in [1.29, 1.82) is 0 Å². The molecule has 0 aliphatic carbocycles. The van der Waals surface area contributed by atoms with Gasteiger partial charge in [-0.15, -0.1) is 10.2 Å². The highest BCUT2D eigenvalue weighted by Gasteiger charge is 2.13. The monoisotopic (exact) mass is 235 g/mol. The van der Waals surface area contributed by atoms with Crippen LogP contribution in [0.1, 0.15) is 16.7 Å². The van der Waals surface area contributed by atoms with Gasteiger partial charge in [-0.2, -0.15) is 0 Å². The van der Waals surface area contributed by atoms with Crippen molar-refractivity contribution in [3.8, 4) is 0 Å². The van der Waals surface area contributed by atoms with Crippen LogP contribution < -0.4 is 5.32 Å². The molecule has 1 aromatic heterocycles. The van der Waals surface area contributed by atoms with Crippen LogP contribution >= 0.6 is 22.9 Å². The molecule has 1 unspecified atom stereocenters. The second-order valence-electron chi connectivity index (χ2n) is 2.69. The largest absolute Gasteiger partial charge is 0.383 e. The Morgan fingerprint density at radius 2 is 2.43 bits per heavy atom. The molecule has 0 fully saturated rings. The summed E-state index contributed by atoms with van der Waals surface area (Å²) < 4.78 is 5.13. The molecule has 0 spiro atoms.